The summed E-state index contributed by atoms with van der Waals surface area (Å²) in [4.78, 5) is 0. The van der Waals surface area contributed by atoms with Gasteiger partial charge in [0.15, 0.2) is 0 Å². The number of rotatable bonds is 3. The highest BCUT2D eigenvalue weighted by molar-refractivity contribution is 5.39. The summed E-state index contributed by atoms with van der Waals surface area (Å²) in [7, 11) is 0. The van der Waals surface area contributed by atoms with E-state index in [1.54, 1.807) is 5.57 Å². The lowest BCUT2D eigenvalue weighted by atomic mass is 9.50. The maximum atomic E-state index is 10.2. The van der Waals surface area contributed by atoms with E-state index in [1.807, 2.05) is 0 Å². The van der Waals surface area contributed by atoms with Crippen LogP contribution >= 0.6 is 0 Å². The molecule has 0 aliphatic heterocycles. The Hall–Kier alpha value is -1.08. The predicted molar refractivity (Wildman–Crippen MR) is 124 cm³/mol. The van der Waals surface area contributed by atoms with Gasteiger partial charge in [-0.05, 0) is 100 Å². The van der Waals surface area contributed by atoms with Crippen LogP contribution in [0.4, 0.5) is 0 Å². The highest BCUT2D eigenvalue weighted by Gasteiger charge is 2.56. The number of hydrogen-bond donors (Lipinski definition) is 1. The smallest absolute Gasteiger partial charge is 0.0578 e. The molecule has 0 aromatic carbocycles. The molecule has 1 N–H and O–H groups in total. The Morgan fingerprint density at radius 1 is 1.03 bits per heavy atom. The Kier molecular flexibility index (Phi) is 5.52. The monoisotopic (exact) mass is 394 g/mol. The van der Waals surface area contributed by atoms with Crippen LogP contribution in [-0.4, -0.2) is 11.2 Å². The fourth-order valence-electron chi connectivity index (χ4n) is 7.48. The number of allylic oxidation sites excluding steroid dienone is 7. The first-order chi connectivity index (χ1) is 13.7. The molecule has 4 aliphatic rings. The van der Waals surface area contributed by atoms with Gasteiger partial charge in [-0.25, -0.2) is 0 Å². The maximum absolute atomic E-state index is 10.2. The van der Waals surface area contributed by atoms with Crippen molar-refractivity contribution >= 4 is 0 Å². The number of aliphatic hydroxyl groups is 1. The van der Waals surface area contributed by atoms with Gasteiger partial charge in [0.25, 0.3) is 0 Å². The lowest BCUT2D eigenvalue weighted by Gasteiger charge is -2.55. The Morgan fingerprint density at radius 2 is 1.79 bits per heavy atom. The Morgan fingerprint density at radius 3 is 2.52 bits per heavy atom. The zero-order valence-corrected chi connectivity index (χ0v) is 19.6. The highest BCUT2D eigenvalue weighted by atomic mass is 16.3. The molecule has 0 spiro atoms. The van der Waals surface area contributed by atoms with E-state index in [0.717, 1.165) is 31.1 Å². The van der Waals surface area contributed by atoms with Crippen molar-refractivity contribution in [3.8, 4) is 0 Å². The lowest BCUT2D eigenvalue weighted by molar-refractivity contribution is 0.0383. The van der Waals surface area contributed by atoms with Crippen molar-refractivity contribution in [2.24, 2.45) is 34.5 Å². The van der Waals surface area contributed by atoms with Crippen LogP contribution in [0.1, 0.15) is 86.5 Å². The fourth-order valence-corrected chi connectivity index (χ4v) is 7.48. The van der Waals surface area contributed by atoms with Gasteiger partial charge in [-0.1, -0.05) is 67.4 Å². The van der Waals surface area contributed by atoms with Gasteiger partial charge in [-0.2, -0.15) is 0 Å². The summed E-state index contributed by atoms with van der Waals surface area (Å²) in [6.07, 6.45) is 18.1. The first-order valence-corrected chi connectivity index (χ1v) is 12.1. The minimum Gasteiger partial charge on any atom is -0.393 e. The molecule has 29 heavy (non-hydrogen) atoms. The van der Waals surface area contributed by atoms with Crippen LogP contribution < -0.4 is 0 Å². The molecule has 0 saturated heterocycles. The third-order valence-corrected chi connectivity index (χ3v) is 9.69. The van der Waals surface area contributed by atoms with Crippen LogP contribution in [0, 0.1) is 34.5 Å². The molecule has 0 aromatic rings. The molecule has 3 saturated carbocycles. The van der Waals surface area contributed by atoms with Gasteiger partial charge in [-0.3, -0.25) is 0 Å². The molecule has 1 nitrogen and oxygen atoms in total. The molecule has 0 heterocycles. The van der Waals surface area contributed by atoms with Crippen molar-refractivity contribution in [3.63, 3.8) is 0 Å². The quantitative estimate of drug-likeness (QED) is 0.495. The van der Waals surface area contributed by atoms with Crippen LogP contribution in [0.5, 0.6) is 0 Å². The Bertz CT molecular complexity index is 776. The van der Waals surface area contributed by atoms with Crippen molar-refractivity contribution < 1.29 is 5.11 Å². The van der Waals surface area contributed by atoms with E-state index in [0.29, 0.717) is 22.7 Å². The largest absolute Gasteiger partial charge is 0.393 e. The average molecular weight is 395 g/mol. The number of hydrogen-bond acceptors (Lipinski definition) is 1. The molecule has 0 amide bonds. The zero-order valence-electron chi connectivity index (χ0n) is 19.6. The van der Waals surface area contributed by atoms with E-state index in [1.165, 1.54) is 42.4 Å². The van der Waals surface area contributed by atoms with E-state index >= 15 is 0 Å². The van der Waals surface area contributed by atoms with Crippen molar-refractivity contribution in [1.82, 2.24) is 0 Å². The van der Waals surface area contributed by atoms with E-state index in [2.05, 4.69) is 65.8 Å². The van der Waals surface area contributed by atoms with Gasteiger partial charge in [-0.15, -0.1) is 0 Å². The van der Waals surface area contributed by atoms with Gasteiger partial charge in [0.05, 0.1) is 6.10 Å². The third-order valence-electron chi connectivity index (χ3n) is 9.69. The fraction of sp³-hybridized carbons (Fsp3) is 0.714. The van der Waals surface area contributed by atoms with E-state index < -0.39 is 0 Å². The second kappa shape index (κ2) is 7.56. The average Bonchev–Trinajstić information content (AvgIpc) is 3.03. The Labute approximate surface area is 179 Å². The van der Waals surface area contributed by atoms with Crippen LogP contribution in [0.15, 0.2) is 46.6 Å². The van der Waals surface area contributed by atoms with Gasteiger partial charge >= 0.3 is 0 Å². The number of aliphatic hydroxyl groups excluding tert-OH is 1. The summed E-state index contributed by atoms with van der Waals surface area (Å²) in [5, 5.41) is 10.2. The molecular formula is C28H42O. The molecular weight excluding hydrogens is 352 g/mol. The van der Waals surface area contributed by atoms with E-state index in [9.17, 15) is 5.11 Å². The molecule has 7 atom stereocenters. The first-order valence-electron chi connectivity index (χ1n) is 12.1. The summed E-state index contributed by atoms with van der Waals surface area (Å²) >= 11 is 0. The van der Waals surface area contributed by atoms with Crippen molar-refractivity contribution in [2.45, 2.75) is 92.6 Å². The van der Waals surface area contributed by atoms with Crippen molar-refractivity contribution in [1.29, 1.82) is 0 Å². The standard InChI is InChI=1S/C28H42O/c1-18(2)19(3)7-8-20(4)24-11-12-25-23-10-9-21-17-22(29)13-15-27(21,5)26(23)14-16-28(24,25)6/h7-10,20,22,24-26,29H,11-17H2,1-6H3/b8-7+/t20?,22-,24+,25+,26+,27-,28+/m0/s1. The van der Waals surface area contributed by atoms with E-state index in [4.69, 9.17) is 0 Å². The van der Waals surface area contributed by atoms with Crippen LogP contribution in [-0.2, 0) is 0 Å². The first kappa shape index (κ1) is 21.2. The normalized spacial score (nSPS) is 42.4. The van der Waals surface area contributed by atoms with E-state index in [-0.39, 0.29) is 6.10 Å². The summed E-state index contributed by atoms with van der Waals surface area (Å²) in [6.45, 7) is 14.2. The number of fused-ring (bicyclic) bond motifs is 5. The van der Waals surface area contributed by atoms with Crippen LogP contribution in [0.2, 0.25) is 0 Å². The SMILES string of the molecule is CC(C)=C(C)/C=C/C(C)[C@H]1CC[C@@H]2C3=CC=C4C[C@@H](O)CC[C@]4(C)[C@@H]3CC[C@@]21C. The second-order valence-corrected chi connectivity index (χ2v) is 11.4. The highest BCUT2D eigenvalue weighted by Crippen LogP contribution is 2.65. The summed E-state index contributed by atoms with van der Waals surface area (Å²) in [5.41, 5.74) is 6.87. The molecule has 0 radical (unpaired) electrons. The third kappa shape index (κ3) is 3.42. The molecule has 0 bridgehead atoms. The topological polar surface area (TPSA) is 20.2 Å². The van der Waals surface area contributed by atoms with Gasteiger partial charge < -0.3 is 5.11 Å². The minimum atomic E-state index is -0.120. The minimum absolute atomic E-state index is 0.120. The summed E-state index contributed by atoms with van der Waals surface area (Å²) in [5.74, 6) is 2.91. The predicted octanol–water partition coefficient (Wildman–Crippen LogP) is 7.40. The molecule has 0 aromatic heterocycles. The van der Waals surface area contributed by atoms with Gasteiger partial charge in [0.2, 0.25) is 0 Å². The maximum Gasteiger partial charge on any atom is 0.0578 e. The van der Waals surface area contributed by atoms with Crippen LogP contribution in [0.25, 0.3) is 0 Å². The molecule has 4 aliphatic carbocycles. The Balaban J connectivity index is 1.59. The second-order valence-electron chi connectivity index (χ2n) is 11.4. The molecule has 3 fully saturated rings. The lowest BCUT2D eigenvalue weighted by Crippen LogP contribution is -2.46. The molecule has 1 heteroatoms. The van der Waals surface area contributed by atoms with Gasteiger partial charge in [0, 0.05) is 0 Å². The van der Waals surface area contributed by atoms with Crippen LogP contribution in [0.3, 0.4) is 0 Å². The molecule has 4 rings (SSSR count). The molecule has 160 valence electrons. The van der Waals surface area contributed by atoms with Gasteiger partial charge in [0.1, 0.15) is 0 Å². The zero-order chi connectivity index (χ0) is 21.0. The summed E-state index contributed by atoms with van der Waals surface area (Å²) < 4.78 is 0. The molecule has 1 unspecified atom stereocenters. The van der Waals surface area contributed by atoms with Crippen molar-refractivity contribution in [2.75, 3.05) is 0 Å². The summed E-state index contributed by atoms with van der Waals surface area (Å²) in [6, 6.07) is 0. The van der Waals surface area contributed by atoms with Crippen molar-refractivity contribution in [3.05, 3.63) is 46.6 Å².